The molecule has 0 radical (unpaired) electrons. The summed E-state index contributed by atoms with van der Waals surface area (Å²) in [5.41, 5.74) is 2.68. The molecule has 0 atom stereocenters. The number of benzene rings is 1. The molecule has 2 aromatic rings. The lowest BCUT2D eigenvalue weighted by Crippen LogP contribution is -2.15. The average molecular weight is 281 g/mol. The van der Waals surface area contributed by atoms with Crippen molar-refractivity contribution in [3.63, 3.8) is 0 Å². The molecule has 0 aliphatic heterocycles. The van der Waals surface area contributed by atoms with E-state index in [4.69, 9.17) is 17.3 Å². The molecule has 1 aromatic heterocycles. The molecule has 0 bridgehead atoms. The van der Waals surface area contributed by atoms with Crippen LogP contribution < -0.4 is 5.73 Å². The van der Waals surface area contributed by atoms with Crippen molar-refractivity contribution in [2.45, 2.75) is 6.18 Å². The zero-order valence-corrected chi connectivity index (χ0v) is 9.30. The fourth-order valence-corrected chi connectivity index (χ4v) is 1.47. The van der Waals surface area contributed by atoms with Gasteiger partial charge < -0.3 is 5.73 Å². The molecular formula is C9H5ClF4N4. The standard InChI is InChI=1S/C9H5ClF4N4/c10-6-3-16-18(17-6)8-4(9(12,13)14)1-2-5(15)7(8)11/h1-3H,15H2. The highest BCUT2D eigenvalue weighted by Gasteiger charge is 2.36. The Kier molecular flexibility index (Phi) is 2.89. The van der Waals surface area contributed by atoms with Gasteiger partial charge in [0.15, 0.2) is 11.0 Å². The molecule has 4 nitrogen and oxygen atoms in total. The number of halogens is 5. The molecule has 0 fully saturated rings. The Morgan fingerprint density at radius 2 is 1.94 bits per heavy atom. The van der Waals surface area contributed by atoms with Gasteiger partial charge in [0.1, 0.15) is 5.69 Å². The van der Waals surface area contributed by atoms with E-state index >= 15 is 0 Å². The third-order valence-electron chi connectivity index (χ3n) is 2.12. The fourth-order valence-electron chi connectivity index (χ4n) is 1.36. The van der Waals surface area contributed by atoms with Crippen LogP contribution in [0.5, 0.6) is 0 Å². The van der Waals surface area contributed by atoms with Gasteiger partial charge in [-0.2, -0.15) is 18.3 Å². The lowest BCUT2D eigenvalue weighted by molar-refractivity contribution is -0.137. The summed E-state index contributed by atoms with van der Waals surface area (Å²) in [7, 11) is 0. The van der Waals surface area contributed by atoms with Crippen molar-refractivity contribution in [2.75, 3.05) is 5.73 Å². The number of anilines is 1. The van der Waals surface area contributed by atoms with E-state index in [0.717, 1.165) is 12.3 Å². The zero-order chi connectivity index (χ0) is 13.5. The topological polar surface area (TPSA) is 56.7 Å². The Labute approximate surface area is 103 Å². The van der Waals surface area contributed by atoms with Gasteiger partial charge in [0.2, 0.25) is 0 Å². The first kappa shape index (κ1) is 12.6. The maximum Gasteiger partial charge on any atom is 0.418 e. The summed E-state index contributed by atoms with van der Waals surface area (Å²) in [6.07, 6.45) is -3.77. The number of nitrogens with zero attached hydrogens (tertiary/aromatic N) is 3. The van der Waals surface area contributed by atoms with E-state index < -0.39 is 28.9 Å². The van der Waals surface area contributed by atoms with E-state index in [1.54, 1.807) is 0 Å². The minimum absolute atomic E-state index is 0.162. The average Bonchev–Trinajstić information content (AvgIpc) is 2.66. The smallest absolute Gasteiger partial charge is 0.396 e. The highest BCUT2D eigenvalue weighted by atomic mass is 35.5. The Morgan fingerprint density at radius 3 is 2.44 bits per heavy atom. The van der Waals surface area contributed by atoms with E-state index in [1.807, 2.05) is 0 Å². The van der Waals surface area contributed by atoms with Crippen LogP contribution in [-0.2, 0) is 6.18 Å². The lowest BCUT2D eigenvalue weighted by Gasteiger charge is -2.13. The van der Waals surface area contributed by atoms with Crippen LogP contribution in [0.1, 0.15) is 5.56 Å². The third kappa shape index (κ3) is 2.10. The minimum Gasteiger partial charge on any atom is -0.396 e. The highest BCUT2D eigenvalue weighted by molar-refractivity contribution is 6.29. The van der Waals surface area contributed by atoms with Crippen LogP contribution in [0.2, 0.25) is 5.15 Å². The van der Waals surface area contributed by atoms with Gasteiger partial charge in [0, 0.05) is 0 Å². The number of alkyl halides is 3. The van der Waals surface area contributed by atoms with Crippen LogP contribution >= 0.6 is 11.6 Å². The van der Waals surface area contributed by atoms with Crippen molar-refractivity contribution in [2.24, 2.45) is 0 Å². The summed E-state index contributed by atoms with van der Waals surface area (Å²) in [5.74, 6) is -1.25. The molecule has 1 aromatic carbocycles. The van der Waals surface area contributed by atoms with E-state index in [0.29, 0.717) is 10.9 Å². The van der Waals surface area contributed by atoms with E-state index in [1.165, 1.54) is 0 Å². The molecular weight excluding hydrogens is 276 g/mol. The monoisotopic (exact) mass is 280 g/mol. The first-order valence-corrected chi connectivity index (χ1v) is 4.92. The summed E-state index contributed by atoms with van der Waals surface area (Å²) in [5, 5.41) is 6.71. The van der Waals surface area contributed by atoms with E-state index in [2.05, 4.69) is 10.2 Å². The van der Waals surface area contributed by atoms with Crippen LogP contribution in [0.15, 0.2) is 18.3 Å². The van der Waals surface area contributed by atoms with Gasteiger partial charge in [-0.3, -0.25) is 0 Å². The van der Waals surface area contributed by atoms with E-state index in [9.17, 15) is 17.6 Å². The number of hydrogen-bond donors (Lipinski definition) is 1. The third-order valence-corrected chi connectivity index (χ3v) is 2.29. The maximum atomic E-state index is 13.7. The molecule has 0 saturated heterocycles. The van der Waals surface area contributed by atoms with Gasteiger partial charge in [0.05, 0.1) is 17.4 Å². The second-order valence-corrected chi connectivity index (χ2v) is 3.71. The van der Waals surface area contributed by atoms with E-state index in [-0.39, 0.29) is 5.15 Å². The Bertz CT molecular complexity index is 593. The number of nitrogens with two attached hydrogens (primary N) is 1. The molecule has 0 amide bonds. The zero-order valence-electron chi connectivity index (χ0n) is 8.54. The number of rotatable bonds is 1. The first-order chi connectivity index (χ1) is 8.30. The van der Waals surface area contributed by atoms with Crippen molar-refractivity contribution in [1.29, 1.82) is 0 Å². The van der Waals surface area contributed by atoms with Gasteiger partial charge in [-0.1, -0.05) is 11.6 Å². The molecule has 1 heterocycles. The second-order valence-electron chi connectivity index (χ2n) is 3.32. The van der Waals surface area contributed by atoms with Gasteiger partial charge in [-0.25, -0.2) is 4.39 Å². The minimum atomic E-state index is -4.76. The van der Waals surface area contributed by atoms with Crippen LogP contribution in [0.25, 0.3) is 5.69 Å². The van der Waals surface area contributed by atoms with Crippen LogP contribution in [0.4, 0.5) is 23.2 Å². The summed E-state index contributed by atoms with van der Waals surface area (Å²) >= 11 is 5.44. The Hall–Kier alpha value is -1.83. The molecule has 0 aliphatic rings. The summed E-state index contributed by atoms with van der Waals surface area (Å²) < 4.78 is 51.9. The molecule has 9 heteroatoms. The molecule has 96 valence electrons. The van der Waals surface area contributed by atoms with Crippen LogP contribution in [0.3, 0.4) is 0 Å². The maximum absolute atomic E-state index is 13.7. The summed E-state index contributed by atoms with van der Waals surface area (Å²) in [6, 6.07) is 1.48. The quantitative estimate of drug-likeness (QED) is 0.645. The van der Waals surface area contributed by atoms with Crippen molar-refractivity contribution in [1.82, 2.24) is 15.0 Å². The van der Waals surface area contributed by atoms with Gasteiger partial charge >= 0.3 is 6.18 Å². The van der Waals surface area contributed by atoms with Crippen molar-refractivity contribution < 1.29 is 17.6 Å². The molecule has 0 unspecified atom stereocenters. The molecule has 18 heavy (non-hydrogen) atoms. The van der Waals surface area contributed by atoms with Crippen LogP contribution in [-0.4, -0.2) is 15.0 Å². The Balaban J connectivity index is 2.74. The van der Waals surface area contributed by atoms with Crippen molar-refractivity contribution >= 4 is 17.3 Å². The van der Waals surface area contributed by atoms with Crippen LogP contribution in [0, 0.1) is 5.82 Å². The lowest BCUT2D eigenvalue weighted by atomic mass is 10.1. The molecule has 0 aliphatic carbocycles. The second kappa shape index (κ2) is 4.13. The number of nitrogen functional groups attached to an aromatic ring is 1. The molecule has 2 N–H and O–H groups in total. The molecule has 0 saturated carbocycles. The van der Waals surface area contributed by atoms with Crippen molar-refractivity contribution in [3.8, 4) is 5.69 Å². The van der Waals surface area contributed by atoms with Gasteiger partial charge in [-0.15, -0.1) is 9.90 Å². The first-order valence-electron chi connectivity index (χ1n) is 4.54. The number of aromatic nitrogens is 3. The highest BCUT2D eigenvalue weighted by Crippen LogP contribution is 2.36. The molecule has 0 spiro atoms. The SMILES string of the molecule is Nc1ccc(C(F)(F)F)c(-n2ncc(Cl)n2)c1F. The van der Waals surface area contributed by atoms with Crippen molar-refractivity contribution in [3.05, 3.63) is 34.9 Å². The molecule has 2 rings (SSSR count). The predicted molar refractivity (Wildman–Crippen MR) is 55.7 cm³/mol. The summed E-state index contributed by atoms with van der Waals surface area (Å²) in [4.78, 5) is 0.455. The van der Waals surface area contributed by atoms with Gasteiger partial charge in [0.25, 0.3) is 0 Å². The largest absolute Gasteiger partial charge is 0.418 e. The predicted octanol–water partition coefficient (Wildman–Crippen LogP) is 2.66. The normalized spacial score (nSPS) is 11.8. The Morgan fingerprint density at radius 1 is 1.28 bits per heavy atom. The van der Waals surface area contributed by atoms with Gasteiger partial charge in [-0.05, 0) is 12.1 Å². The fraction of sp³-hybridized carbons (Fsp3) is 0.111. The summed E-state index contributed by atoms with van der Waals surface area (Å²) in [6.45, 7) is 0. The number of hydrogen-bond acceptors (Lipinski definition) is 3.